The Hall–Kier alpha value is -1.90. The summed E-state index contributed by atoms with van der Waals surface area (Å²) in [6.45, 7) is 2.01. The van der Waals surface area contributed by atoms with Gasteiger partial charge < -0.3 is 9.47 Å². The number of carbonyl (C=O) groups is 1. The fourth-order valence-electron chi connectivity index (χ4n) is 2.75. The fourth-order valence-corrected chi connectivity index (χ4v) is 4.57. The van der Waals surface area contributed by atoms with E-state index in [9.17, 15) is 4.79 Å². The van der Waals surface area contributed by atoms with E-state index >= 15 is 0 Å². The van der Waals surface area contributed by atoms with Gasteiger partial charge in [0.1, 0.15) is 24.0 Å². The molecule has 1 aromatic carbocycles. The fraction of sp³-hybridized carbons (Fsp3) is 0.235. The second kappa shape index (κ2) is 7.02. The average molecular weight is 455 g/mol. The number of benzene rings is 1. The van der Waals surface area contributed by atoms with Crippen molar-refractivity contribution in [1.29, 1.82) is 0 Å². The molecule has 0 bridgehead atoms. The molecule has 1 aliphatic rings. The topological polar surface area (TPSA) is 73.3 Å². The van der Waals surface area contributed by atoms with Crippen LogP contribution in [0.15, 0.2) is 28.3 Å². The Kier molecular flexibility index (Phi) is 4.73. The summed E-state index contributed by atoms with van der Waals surface area (Å²) in [5.74, 6) is 0.718. The van der Waals surface area contributed by atoms with Crippen molar-refractivity contribution in [3.63, 3.8) is 0 Å². The molecular weight excluding hydrogens is 442 g/mol. The van der Waals surface area contributed by atoms with Crippen LogP contribution in [0.3, 0.4) is 0 Å². The van der Waals surface area contributed by atoms with Crippen molar-refractivity contribution in [1.82, 2.24) is 9.97 Å². The highest BCUT2D eigenvalue weighted by Gasteiger charge is 2.28. The molecule has 26 heavy (non-hydrogen) atoms. The molecule has 9 heteroatoms. The zero-order valence-corrected chi connectivity index (χ0v) is 16.7. The molecule has 3 aromatic rings. The number of aryl methyl sites for hydroxylation is 1. The molecule has 2 aromatic heterocycles. The Labute approximate surface area is 166 Å². The van der Waals surface area contributed by atoms with Gasteiger partial charge in [0.2, 0.25) is 0 Å². The molecule has 1 aliphatic heterocycles. The number of ether oxygens (including phenoxy) is 2. The first-order chi connectivity index (χ1) is 12.5. The Morgan fingerprint density at radius 1 is 1.54 bits per heavy atom. The van der Waals surface area contributed by atoms with Gasteiger partial charge in [-0.2, -0.15) is 0 Å². The highest BCUT2D eigenvalue weighted by molar-refractivity contribution is 9.11. The molecule has 0 saturated carbocycles. The minimum Gasteiger partial charge on any atom is -0.486 e. The van der Waals surface area contributed by atoms with Crippen LogP contribution in [0.25, 0.3) is 10.2 Å². The molecular formula is C17H13BrClN3O3S. The molecule has 3 heterocycles. The SMILES string of the molecule is Cc1ccc(NC(=O)OCC2Cc3c(cc(Cl)c4nc(Br)sc34)O2)cn1. The van der Waals surface area contributed by atoms with Gasteiger partial charge in [-0.25, -0.2) is 9.78 Å². The number of hydrogen-bond donors (Lipinski definition) is 1. The zero-order chi connectivity index (χ0) is 18.3. The molecule has 0 radical (unpaired) electrons. The summed E-state index contributed by atoms with van der Waals surface area (Å²) in [5.41, 5.74) is 3.27. The third-order valence-corrected chi connectivity index (χ3v) is 5.79. The lowest BCUT2D eigenvalue weighted by Crippen LogP contribution is -2.25. The molecule has 1 amide bonds. The molecule has 1 atom stereocenters. The molecule has 0 aliphatic carbocycles. The van der Waals surface area contributed by atoms with Gasteiger partial charge in [0.25, 0.3) is 0 Å². The van der Waals surface area contributed by atoms with Gasteiger partial charge in [0, 0.05) is 23.7 Å². The highest BCUT2D eigenvalue weighted by atomic mass is 79.9. The molecule has 0 fully saturated rings. The predicted octanol–water partition coefficient (Wildman–Crippen LogP) is 4.97. The molecule has 1 unspecified atom stereocenters. The number of carbonyl (C=O) groups excluding carboxylic acids is 1. The Bertz CT molecular complexity index is 993. The number of fused-ring (bicyclic) bond motifs is 3. The number of nitrogens with zero attached hydrogens (tertiary/aromatic N) is 2. The second-order valence-electron chi connectivity index (χ2n) is 5.84. The van der Waals surface area contributed by atoms with E-state index in [1.165, 1.54) is 11.3 Å². The van der Waals surface area contributed by atoms with Crippen molar-refractivity contribution in [2.75, 3.05) is 11.9 Å². The number of amides is 1. The summed E-state index contributed by atoms with van der Waals surface area (Å²) in [6, 6.07) is 5.35. The molecule has 1 N–H and O–H groups in total. The second-order valence-corrected chi connectivity index (χ2v) is 8.52. The smallest absolute Gasteiger partial charge is 0.411 e. The van der Waals surface area contributed by atoms with Gasteiger partial charge in [0.05, 0.1) is 21.6 Å². The van der Waals surface area contributed by atoms with Crippen molar-refractivity contribution < 1.29 is 14.3 Å². The van der Waals surface area contributed by atoms with Crippen molar-refractivity contribution in [3.05, 3.63) is 44.6 Å². The van der Waals surface area contributed by atoms with E-state index in [2.05, 4.69) is 31.2 Å². The standard InChI is InChI=1S/C17H13BrClN3O3S/c1-8-2-3-9(6-20-8)21-17(23)24-7-10-4-11-13(25-10)5-12(19)14-15(11)26-16(18)22-14/h2-3,5-6,10H,4,7H2,1H3,(H,21,23). The van der Waals surface area contributed by atoms with Crippen LogP contribution in [-0.4, -0.2) is 28.8 Å². The molecule has 4 rings (SSSR count). The Morgan fingerprint density at radius 2 is 2.38 bits per heavy atom. The minimum absolute atomic E-state index is 0.138. The van der Waals surface area contributed by atoms with E-state index in [0.717, 1.165) is 31.1 Å². The summed E-state index contributed by atoms with van der Waals surface area (Å²) in [4.78, 5) is 20.5. The summed E-state index contributed by atoms with van der Waals surface area (Å²) in [6.07, 6.45) is 1.42. The van der Waals surface area contributed by atoms with Gasteiger partial charge in [-0.3, -0.25) is 10.3 Å². The maximum atomic E-state index is 11.9. The van der Waals surface area contributed by atoms with Crippen LogP contribution < -0.4 is 10.1 Å². The number of pyridine rings is 1. The number of aromatic nitrogens is 2. The molecule has 6 nitrogen and oxygen atoms in total. The summed E-state index contributed by atoms with van der Waals surface area (Å²) >= 11 is 11.2. The van der Waals surface area contributed by atoms with Crippen LogP contribution in [-0.2, 0) is 11.2 Å². The monoisotopic (exact) mass is 453 g/mol. The van der Waals surface area contributed by atoms with Crippen LogP contribution in [0.2, 0.25) is 5.02 Å². The number of anilines is 1. The van der Waals surface area contributed by atoms with Crippen molar-refractivity contribution in [2.45, 2.75) is 19.4 Å². The summed E-state index contributed by atoms with van der Waals surface area (Å²) in [5, 5.41) is 3.19. The van der Waals surface area contributed by atoms with Gasteiger partial charge in [-0.1, -0.05) is 11.6 Å². The zero-order valence-electron chi connectivity index (χ0n) is 13.6. The van der Waals surface area contributed by atoms with Crippen LogP contribution >= 0.6 is 38.9 Å². The van der Waals surface area contributed by atoms with Crippen LogP contribution in [0.4, 0.5) is 10.5 Å². The lowest BCUT2D eigenvalue weighted by Gasteiger charge is -2.12. The van der Waals surface area contributed by atoms with Gasteiger partial charge in [-0.15, -0.1) is 11.3 Å². The number of thiazole rings is 1. The number of nitrogens with one attached hydrogen (secondary N) is 1. The largest absolute Gasteiger partial charge is 0.486 e. The molecule has 0 saturated heterocycles. The molecule has 134 valence electrons. The number of halogens is 2. The van der Waals surface area contributed by atoms with E-state index in [-0.39, 0.29) is 12.7 Å². The molecule has 0 spiro atoms. The Morgan fingerprint density at radius 3 is 3.15 bits per heavy atom. The minimum atomic E-state index is -0.543. The first-order valence-electron chi connectivity index (χ1n) is 7.80. The van der Waals surface area contributed by atoms with Crippen molar-refractivity contribution in [2.24, 2.45) is 0 Å². The number of rotatable bonds is 3. The highest BCUT2D eigenvalue weighted by Crippen LogP contribution is 2.42. The first-order valence-corrected chi connectivity index (χ1v) is 9.79. The average Bonchev–Trinajstić information content (AvgIpc) is 3.18. The van der Waals surface area contributed by atoms with Crippen LogP contribution in [0.1, 0.15) is 11.3 Å². The van der Waals surface area contributed by atoms with E-state index in [4.69, 9.17) is 21.1 Å². The van der Waals surface area contributed by atoms with E-state index in [1.807, 2.05) is 13.0 Å². The van der Waals surface area contributed by atoms with Gasteiger partial charge >= 0.3 is 6.09 Å². The first kappa shape index (κ1) is 17.5. The normalized spacial score (nSPS) is 15.6. The maximum absolute atomic E-state index is 11.9. The van der Waals surface area contributed by atoms with Crippen LogP contribution in [0.5, 0.6) is 5.75 Å². The Balaban J connectivity index is 1.40. The maximum Gasteiger partial charge on any atom is 0.411 e. The lowest BCUT2D eigenvalue weighted by molar-refractivity contribution is 0.102. The summed E-state index contributed by atoms with van der Waals surface area (Å²) in [7, 11) is 0. The van der Waals surface area contributed by atoms with Crippen LogP contribution in [0, 0.1) is 6.92 Å². The van der Waals surface area contributed by atoms with Crippen molar-refractivity contribution >= 4 is 60.9 Å². The lowest BCUT2D eigenvalue weighted by atomic mass is 10.1. The van der Waals surface area contributed by atoms with E-state index in [1.54, 1.807) is 18.3 Å². The van der Waals surface area contributed by atoms with Crippen molar-refractivity contribution in [3.8, 4) is 5.75 Å². The predicted molar refractivity (Wildman–Crippen MR) is 104 cm³/mol. The summed E-state index contributed by atoms with van der Waals surface area (Å²) < 4.78 is 12.9. The van der Waals surface area contributed by atoms with E-state index in [0.29, 0.717) is 17.1 Å². The van der Waals surface area contributed by atoms with Gasteiger partial charge in [-0.05, 0) is 35.0 Å². The third kappa shape index (κ3) is 3.49. The quantitative estimate of drug-likeness (QED) is 0.605. The number of hydrogen-bond acceptors (Lipinski definition) is 6. The van der Waals surface area contributed by atoms with E-state index < -0.39 is 6.09 Å². The third-order valence-electron chi connectivity index (χ3n) is 3.94. The van der Waals surface area contributed by atoms with Gasteiger partial charge in [0.15, 0.2) is 3.92 Å².